The number of carbonyl (C=O) groups is 1. The predicted octanol–water partition coefficient (Wildman–Crippen LogP) is 10.9. The van der Waals surface area contributed by atoms with E-state index in [1.807, 2.05) is 0 Å². The van der Waals surface area contributed by atoms with Crippen LogP contribution in [0.4, 0.5) is 0 Å². The van der Waals surface area contributed by atoms with E-state index in [9.17, 15) is 20.1 Å². The number of hydrogen-bond donors (Lipinski definition) is 4. The van der Waals surface area contributed by atoms with Crippen molar-refractivity contribution in [2.24, 2.45) is 0 Å². The number of aliphatic hydroxyl groups is 3. The first-order valence-electron chi connectivity index (χ1n) is 20.0. The Morgan fingerprint density at radius 2 is 0.844 bits per heavy atom. The Balaban J connectivity index is 3.63. The van der Waals surface area contributed by atoms with Gasteiger partial charge in [-0.2, -0.15) is 0 Å². The normalized spacial score (nSPS) is 13.8. The van der Waals surface area contributed by atoms with Gasteiger partial charge in [0.15, 0.2) is 0 Å². The van der Waals surface area contributed by atoms with E-state index in [4.69, 9.17) is 0 Å². The first-order chi connectivity index (χ1) is 22.1. The third kappa shape index (κ3) is 31.5. The summed E-state index contributed by atoms with van der Waals surface area (Å²) in [6.45, 7) is 4.22. The Labute approximate surface area is 280 Å². The molecular formula is C40H79NO4. The highest BCUT2D eigenvalue weighted by molar-refractivity contribution is 5.80. The van der Waals surface area contributed by atoms with Crippen LogP contribution in [0.15, 0.2) is 12.2 Å². The van der Waals surface area contributed by atoms with Gasteiger partial charge in [-0.05, 0) is 38.5 Å². The molecule has 0 heterocycles. The zero-order chi connectivity index (χ0) is 33.1. The van der Waals surface area contributed by atoms with Gasteiger partial charge in [-0.15, -0.1) is 0 Å². The van der Waals surface area contributed by atoms with Gasteiger partial charge in [0.25, 0.3) is 0 Å². The Kier molecular flexibility index (Phi) is 35.2. The topological polar surface area (TPSA) is 89.8 Å². The fraction of sp³-hybridized carbons (Fsp3) is 0.925. The molecule has 3 unspecified atom stereocenters. The summed E-state index contributed by atoms with van der Waals surface area (Å²) < 4.78 is 0. The number of unbranched alkanes of at least 4 members (excludes halogenated alkanes) is 26. The molecule has 0 aromatic rings. The van der Waals surface area contributed by atoms with Gasteiger partial charge in [0.1, 0.15) is 6.10 Å². The fourth-order valence-corrected chi connectivity index (χ4v) is 6.18. The summed E-state index contributed by atoms with van der Waals surface area (Å²) in [6.07, 6.45) is 40.6. The second-order valence-electron chi connectivity index (χ2n) is 13.8. The van der Waals surface area contributed by atoms with E-state index in [0.717, 1.165) is 32.1 Å². The number of carbonyl (C=O) groups excluding carboxylic acids is 1. The molecule has 0 aliphatic rings. The molecule has 0 saturated carbocycles. The van der Waals surface area contributed by atoms with Crippen molar-refractivity contribution in [2.75, 3.05) is 6.61 Å². The number of nitrogens with one attached hydrogen (secondary N) is 1. The van der Waals surface area contributed by atoms with E-state index in [2.05, 4.69) is 31.3 Å². The van der Waals surface area contributed by atoms with E-state index in [1.165, 1.54) is 154 Å². The summed E-state index contributed by atoms with van der Waals surface area (Å²) >= 11 is 0. The zero-order valence-corrected chi connectivity index (χ0v) is 30.3. The number of hydrogen-bond acceptors (Lipinski definition) is 4. The van der Waals surface area contributed by atoms with E-state index in [-0.39, 0.29) is 6.61 Å². The van der Waals surface area contributed by atoms with Crippen LogP contribution in [0.1, 0.15) is 213 Å². The number of aliphatic hydroxyl groups excluding tert-OH is 3. The van der Waals surface area contributed by atoms with Crippen LogP contribution in [0.25, 0.3) is 0 Å². The largest absolute Gasteiger partial charge is 0.394 e. The lowest BCUT2D eigenvalue weighted by molar-refractivity contribution is -0.131. The average molecular weight is 638 g/mol. The lowest BCUT2D eigenvalue weighted by atomic mass is 10.0. The molecule has 1 amide bonds. The maximum atomic E-state index is 12.4. The van der Waals surface area contributed by atoms with Crippen LogP contribution in [0.5, 0.6) is 0 Å². The van der Waals surface area contributed by atoms with Crippen LogP contribution in [0, 0.1) is 0 Å². The molecule has 3 atom stereocenters. The molecule has 5 heteroatoms. The second kappa shape index (κ2) is 35.9. The number of allylic oxidation sites excluding steroid dienone is 2. The summed E-state index contributed by atoms with van der Waals surface area (Å²) in [5.74, 6) is -0.475. The molecule has 0 radical (unpaired) electrons. The molecule has 0 rings (SSSR count). The lowest BCUT2D eigenvalue weighted by Gasteiger charge is -2.23. The minimum absolute atomic E-state index is 0.313. The third-order valence-corrected chi connectivity index (χ3v) is 9.38. The van der Waals surface area contributed by atoms with Crippen molar-refractivity contribution in [1.29, 1.82) is 0 Å². The van der Waals surface area contributed by atoms with Crippen molar-refractivity contribution in [3.8, 4) is 0 Å². The summed E-state index contributed by atoms with van der Waals surface area (Å²) in [4.78, 5) is 12.4. The van der Waals surface area contributed by atoms with Gasteiger partial charge in [-0.1, -0.05) is 187 Å². The van der Waals surface area contributed by atoms with Crippen LogP contribution >= 0.6 is 0 Å². The van der Waals surface area contributed by atoms with Crippen LogP contribution in [-0.4, -0.2) is 46.1 Å². The highest BCUT2D eigenvalue weighted by Crippen LogP contribution is 2.15. The van der Waals surface area contributed by atoms with E-state index < -0.39 is 24.2 Å². The molecule has 0 aromatic carbocycles. The molecule has 0 fully saturated rings. The maximum absolute atomic E-state index is 12.4. The summed E-state index contributed by atoms with van der Waals surface area (Å²) in [6, 6.07) is -0.709. The molecule has 0 aliphatic carbocycles. The minimum Gasteiger partial charge on any atom is -0.394 e. The van der Waals surface area contributed by atoms with Crippen molar-refractivity contribution >= 4 is 5.91 Å². The van der Waals surface area contributed by atoms with Gasteiger partial charge in [-0.3, -0.25) is 4.79 Å². The molecule has 0 bridgehead atoms. The van der Waals surface area contributed by atoms with E-state index in [0.29, 0.717) is 12.8 Å². The van der Waals surface area contributed by atoms with Crippen molar-refractivity contribution in [3.05, 3.63) is 12.2 Å². The monoisotopic (exact) mass is 638 g/mol. The summed E-state index contributed by atoms with van der Waals surface area (Å²) in [5, 5.41) is 33.1. The predicted molar refractivity (Wildman–Crippen MR) is 195 cm³/mol. The highest BCUT2D eigenvalue weighted by Gasteiger charge is 2.23. The smallest absolute Gasteiger partial charge is 0.249 e. The van der Waals surface area contributed by atoms with Gasteiger partial charge < -0.3 is 20.6 Å². The van der Waals surface area contributed by atoms with Crippen molar-refractivity contribution in [3.63, 3.8) is 0 Å². The summed E-state index contributed by atoms with van der Waals surface area (Å²) in [7, 11) is 0. The van der Waals surface area contributed by atoms with Crippen LogP contribution < -0.4 is 5.32 Å². The number of amides is 1. The van der Waals surface area contributed by atoms with Gasteiger partial charge in [0.2, 0.25) is 5.91 Å². The molecule has 5 nitrogen and oxygen atoms in total. The minimum atomic E-state index is -1.08. The van der Waals surface area contributed by atoms with Crippen LogP contribution in [0.2, 0.25) is 0 Å². The van der Waals surface area contributed by atoms with E-state index in [1.54, 1.807) is 0 Å². The van der Waals surface area contributed by atoms with Gasteiger partial charge in [0.05, 0.1) is 18.8 Å². The quantitative estimate of drug-likeness (QED) is 0.0406. The van der Waals surface area contributed by atoms with Gasteiger partial charge >= 0.3 is 0 Å². The Hall–Kier alpha value is -0.910. The molecule has 268 valence electrons. The Morgan fingerprint density at radius 3 is 1.22 bits per heavy atom. The van der Waals surface area contributed by atoms with Crippen molar-refractivity contribution in [1.82, 2.24) is 5.32 Å². The standard InChI is InChI=1S/C40H79NO4/c1-3-5-7-9-11-13-15-16-17-18-19-20-21-22-23-25-27-29-31-33-35-39(44)40(45)41-37(36-42)38(43)34-32-30-28-26-24-14-12-10-8-6-4-2/h20-21,37-39,42-44H,3-19,22-36H2,1-2H3,(H,41,45)/b21-20-. The molecule has 0 aromatic heterocycles. The zero-order valence-electron chi connectivity index (χ0n) is 30.3. The molecule has 0 saturated heterocycles. The van der Waals surface area contributed by atoms with Crippen molar-refractivity contribution < 1.29 is 20.1 Å². The molecule has 0 aliphatic heterocycles. The third-order valence-electron chi connectivity index (χ3n) is 9.38. The van der Waals surface area contributed by atoms with E-state index >= 15 is 0 Å². The first-order valence-corrected chi connectivity index (χ1v) is 20.0. The molecule has 4 N–H and O–H groups in total. The molecular weight excluding hydrogens is 558 g/mol. The lowest BCUT2D eigenvalue weighted by Crippen LogP contribution is -2.49. The highest BCUT2D eigenvalue weighted by atomic mass is 16.3. The number of rotatable bonds is 36. The van der Waals surface area contributed by atoms with Crippen LogP contribution in [-0.2, 0) is 4.79 Å². The van der Waals surface area contributed by atoms with Crippen LogP contribution in [0.3, 0.4) is 0 Å². The SMILES string of the molecule is CCCCCCCCCCCC/C=C\CCCCCCCCC(O)C(=O)NC(CO)C(O)CCCCCCCCCCCCC. The Morgan fingerprint density at radius 1 is 0.511 bits per heavy atom. The van der Waals surface area contributed by atoms with Gasteiger partial charge in [0, 0.05) is 0 Å². The fourth-order valence-electron chi connectivity index (χ4n) is 6.18. The molecule has 0 spiro atoms. The second-order valence-corrected chi connectivity index (χ2v) is 13.8. The van der Waals surface area contributed by atoms with Crippen molar-refractivity contribution in [2.45, 2.75) is 231 Å². The Bertz CT molecular complexity index is 625. The first kappa shape index (κ1) is 44.1. The summed E-state index contributed by atoms with van der Waals surface area (Å²) in [5.41, 5.74) is 0. The maximum Gasteiger partial charge on any atom is 0.249 e. The molecule has 45 heavy (non-hydrogen) atoms. The van der Waals surface area contributed by atoms with Gasteiger partial charge in [-0.25, -0.2) is 0 Å². The average Bonchev–Trinajstić information content (AvgIpc) is 3.04.